The number of carbonyl (C=O) groups excluding carboxylic acids is 1. The van der Waals surface area contributed by atoms with Gasteiger partial charge in [-0.3, -0.25) is 10.0 Å². The lowest BCUT2D eigenvalue weighted by Gasteiger charge is -2.06. The third kappa shape index (κ3) is 4.94. The lowest BCUT2D eigenvalue weighted by Crippen LogP contribution is -2.19. The van der Waals surface area contributed by atoms with Crippen LogP contribution >= 0.6 is 11.8 Å². The van der Waals surface area contributed by atoms with Crippen LogP contribution in [0.1, 0.15) is 25.3 Å². The van der Waals surface area contributed by atoms with Crippen molar-refractivity contribution in [1.82, 2.24) is 5.06 Å². The smallest absolute Gasteiger partial charge is 0.269 e. The second kappa shape index (κ2) is 7.95. The summed E-state index contributed by atoms with van der Waals surface area (Å²) < 4.78 is 0. The van der Waals surface area contributed by atoms with Gasteiger partial charge in [-0.15, -0.1) is 11.8 Å². The Balaban J connectivity index is 2.72. The van der Waals surface area contributed by atoms with Crippen molar-refractivity contribution in [3.8, 4) is 0 Å². The molecule has 4 heteroatoms. The minimum atomic E-state index is -0.427. The van der Waals surface area contributed by atoms with Crippen LogP contribution in [0.4, 0.5) is 0 Å². The lowest BCUT2D eigenvalue weighted by atomic mass is 10.2. The molecule has 0 saturated carbocycles. The molecule has 0 heterocycles. The van der Waals surface area contributed by atoms with E-state index < -0.39 is 5.91 Å². The highest BCUT2D eigenvalue weighted by Crippen LogP contribution is 2.24. The van der Waals surface area contributed by atoms with E-state index in [1.807, 2.05) is 24.3 Å². The summed E-state index contributed by atoms with van der Waals surface area (Å²) in [6, 6.07) is 7.95. The van der Waals surface area contributed by atoms with Crippen LogP contribution in [-0.2, 0) is 4.79 Å². The van der Waals surface area contributed by atoms with E-state index in [-0.39, 0.29) is 0 Å². The van der Waals surface area contributed by atoms with E-state index in [0.29, 0.717) is 5.06 Å². The highest BCUT2D eigenvalue weighted by molar-refractivity contribution is 7.99. The van der Waals surface area contributed by atoms with Crippen molar-refractivity contribution in [2.45, 2.75) is 24.7 Å². The SMILES string of the molecule is CCCCSc1ccccc1C=CC(=O)N(C)O. The molecule has 0 fully saturated rings. The lowest BCUT2D eigenvalue weighted by molar-refractivity contribution is -0.153. The average Bonchev–Trinajstić information content (AvgIpc) is 2.37. The van der Waals surface area contributed by atoms with Gasteiger partial charge in [0.15, 0.2) is 0 Å². The van der Waals surface area contributed by atoms with E-state index in [2.05, 4.69) is 6.92 Å². The zero-order valence-electron chi connectivity index (χ0n) is 10.8. The van der Waals surface area contributed by atoms with Gasteiger partial charge in [0.2, 0.25) is 0 Å². The second-order valence-electron chi connectivity index (χ2n) is 3.94. The molecule has 18 heavy (non-hydrogen) atoms. The molecule has 3 nitrogen and oxygen atoms in total. The molecule has 1 rings (SSSR count). The summed E-state index contributed by atoms with van der Waals surface area (Å²) in [5.41, 5.74) is 1.01. The van der Waals surface area contributed by atoms with Crippen LogP contribution in [0, 0.1) is 0 Å². The molecule has 1 N–H and O–H groups in total. The number of nitrogens with zero attached hydrogens (tertiary/aromatic N) is 1. The van der Waals surface area contributed by atoms with Gasteiger partial charge in [0.25, 0.3) is 5.91 Å². The third-order valence-electron chi connectivity index (χ3n) is 2.40. The highest BCUT2D eigenvalue weighted by atomic mass is 32.2. The van der Waals surface area contributed by atoms with Crippen LogP contribution in [0.3, 0.4) is 0 Å². The number of hydrogen-bond donors (Lipinski definition) is 1. The van der Waals surface area contributed by atoms with Gasteiger partial charge in [-0.25, -0.2) is 5.06 Å². The zero-order chi connectivity index (χ0) is 13.4. The normalized spacial score (nSPS) is 10.8. The summed E-state index contributed by atoms with van der Waals surface area (Å²) in [7, 11) is 1.31. The van der Waals surface area contributed by atoms with Crippen LogP contribution in [-0.4, -0.2) is 29.0 Å². The summed E-state index contributed by atoms with van der Waals surface area (Å²) >= 11 is 1.79. The molecule has 0 aliphatic heterocycles. The largest absolute Gasteiger partial charge is 0.286 e. The Morgan fingerprint density at radius 3 is 2.83 bits per heavy atom. The van der Waals surface area contributed by atoms with Gasteiger partial charge in [-0.05, 0) is 29.9 Å². The van der Waals surface area contributed by atoms with Crippen molar-refractivity contribution >= 4 is 23.7 Å². The second-order valence-corrected chi connectivity index (χ2v) is 5.07. The van der Waals surface area contributed by atoms with Crippen molar-refractivity contribution in [2.24, 2.45) is 0 Å². The summed E-state index contributed by atoms with van der Waals surface area (Å²) in [5.74, 6) is 0.651. The molecule has 0 aliphatic carbocycles. The van der Waals surface area contributed by atoms with E-state index in [4.69, 9.17) is 5.21 Å². The molecule has 1 amide bonds. The molecule has 1 aromatic rings. The van der Waals surface area contributed by atoms with E-state index >= 15 is 0 Å². The number of hydrogen-bond acceptors (Lipinski definition) is 3. The topological polar surface area (TPSA) is 40.5 Å². The summed E-state index contributed by atoms with van der Waals surface area (Å²) in [4.78, 5) is 12.4. The standard InChI is InChI=1S/C14H19NO2S/c1-3-4-11-18-13-8-6-5-7-12(13)9-10-14(16)15(2)17/h5-10,17H,3-4,11H2,1-2H3. The molecule has 0 unspecified atom stereocenters. The maximum absolute atomic E-state index is 11.3. The first-order chi connectivity index (χ1) is 8.65. The van der Waals surface area contributed by atoms with Gasteiger partial charge in [-0.1, -0.05) is 31.5 Å². The molecule has 0 radical (unpaired) electrons. The van der Waals surface area contributed by atoms with Gasteiger partial charge >= 0.3 is 0 Å². The Hall–Kier alpha value is -1.26. The first-order valence-corrected chi connectivity index (χ1v) is 7.00. The third-order valence-corrected chi connectivity index (χ3v) is 3.57. The molecular weight excluding hydrogens is 246 g/mol. The fraction of sp³-hybridized carbons (Fsp3) is 0.357. The Morgan fingerprint density at radius 2 is 2.17 bits per heavy atom. The number of thioether (sulfide) groups is 1. The monoisotopic (exact) mass is 265 g/mol. The molecular formula is C14H19NO2S. The summed E-state index contributed by atoms with van der Waals surface area (Å²) in [6.45, 7) is 2.17. The van der Waals surface area contributed by atoms with Crippen molar-refractivity contribution in [1.29, 1.82) is 0 Å². The molecule has 0 aliphatic rings. The van der Waals surface area contributed by atoms with Crippen LogP contribution < -0.4 is 0 Å². The molecule has 0 atom stereocenters. The zero-order valence-corrected chi connectivity index (χ0v) is 11.6. The fourth-order valence-corrected chi connectivity index (χ4v) is 2.48. The average molecular weight is 265 g/mol. The Kier molecular flexibility index (Phi) is 6.54. The van der Waals surface area contributed by atoms with Crippen LogP contribution in [0.2, 0.25) is 0 Å². The molecule has 0 aromatic heterocycles. The first kappa shape index (κ1) is 14.8. The molecule has 0 saturated heterocycles. The van der Waals surface area contributed by atoms with Crippen molar-refractivity contribution in [2.75, 3.05) is 12.8 Å². The highest BCUT2D eigenvalue weighted by Gasteiger charge is 2.02. The maximum atomic E-state index is 11.3. The van der Waals surface area contributed by atoms with Gasteiger partial charge in [0.05, 0.1) is 0 Å². The van der Waals surface area contributed by atoms with Crippen molar-refractivity contribution < 1.29 is 10.0 Å². The first-order valence-electron chi connectivity index (χ1n) is 6.01. The summed E-state index contributed by atoms with van der Waals surface area (Å²) in [5, 5.41) is 9.54. The minimum absolute atomic E-state index is 0.427. The Bertz CT molecular complexity index is 416. The summed E-state index contributed by atoms with van der Waals surface area (Å²) in [6.07, 6.45) is 5.47. The maximum Gasteiger partial charge on any atom is 0.269 e. The van der Waals surface area contributed by atoms with E-state index in [1.54, 1.807) is 17.8 Å². The van der Waals surface area contributed by atoms with Crippen LogP contribution in [0.5, 0.6) is 0 Å². The molecule has 0 spiro atoms. The Labute approximate surface area is 112 Å². The fourth-order valence-electron chi connectivity index (χ4n) is 1.35. The predicted octanol–water partition coefficient (Wildman–Crippen LogP) is 3.44. The van der Waals surface area contributed by atoms with Gasteiger partial charge in [0, 0.05) is 18.0 Å². The molecule has 1 aromatic carbocycles. The van der Waals surface area contributed by atoms with Crippen LogP contribution in [0.25, 0.3) is 6.08 Å². The number of benzene rings is 1. The van der Waals surface area contributed by atoms with E-state index in [1.165, 1.54) is 26.0 Å². The van der Waals surface area contributed by atoms with E-state index in [9.17, 15) is 4.79 Å². The van der Waals surface area contributed by atoms with Gasteiger partial charge < -0.3 is 0 Å². The number of hydroxylamine groups is 2. The van der Waals surface area contributed by atoms with Crippen molar-refractivity contribution in [3.63, 3.8) is 0 Å². The number of carbonyl (C=O) groups is 1. The number of rotatable bonds is 6. The quantitative estimate of drug-likeness (QED) is 0.282. The minimum Gasteiger partial charge on any atom is -0.286 e. The Morgan fingerprint density at radius 1 is 1.44 bits per heavy atom. The number of likely N-dealkylation sites (N-methyl/N-ethyl adjacent to an activating group) is 1. The van der Waals surface area contributed by atoms with Gasteiger partial charge in [-0.2, -0.15) is 0 Å². The van der Waals surface area contributed by atoms with Crippen molar-refractivity contribution in [3.05, 3.63) is 35.9 Å². The van der Waals surface area contributed by atoms with Crippen LogP contribution in [0.15, 0.2) is 35.2 Å². The van der Waals surface area contributed by atoms with E-state index in [0.717, 1.165) is 16.2 Å². The van der Waals surface area contributed by atoms with Gasteiger partial charge in [0.1, 0.15) is 0 Å². The molecule has 98 valence electrons. The molecule has 0 bridgehead atoms. The predicted molar refractivity (Wildman–Crippen MR) is 75.7 cm³/mol. The number of amides is 1. The number of unbranched alkanes of at least 4 members (excludes halogenated alkanes) is 1.